The van der Waals surface area contributed by atoms with Gasteiger partial charge in [-0.1, -0.05) is 18.2 Å². The number of aliphatic carboxylic acids is 1. The zero-order valence-corrected chi connectivity index (χ0v) is 12.4. The highest BCUT2D eigenvalue weighted by Gasteiger charge is 2.23. The van der Waals surface area contributed by atoms with Gasteiger partial charge < -0.3 is 20.3 Å². The summed E-state index contributed by atoms with van der Waals surface area (Å²) in [6, 6.07) is 5.62. The summed E-state index contributed by atoms with van der Waals surface area (Å²) < 4.78 is 5.03. The number of rotatable bonds is 5. The molecule has 116 valence electrons. The number of carbonyl (C=O) groups excluding carboxylic acids is 1. The van der Waals surface area contributed by atoms with Crippen molar-refractivity contribution in [2.24, 2.45) is 0 Å². The number of aryl methyl sites for hydroxylation is 1. The van der Waals surface area contributed by atoms with E-state index in [4.69, 9.17) is 9.84 Å². The Morgan fingerprint density at radius 3 is 2.43 bits per heavy atom. The van der Waals surface area contributed by atoms with Crippen molar-refractivity contribution in [2.75, 3.05) is 0 Å². The number of phenols is 1. The van der Waals surface area contributed by atoms with Crippen molar-refractivity contribution in [1.82, 2.24) is 5.32 Å². The van der Waals surface area contributed by atoms with Crippen molar-refractivity contribution in [3.8, 4) is 5.75 Å². The number of ether oxygens (including phenoxy) is 1. The maximum Gasteiger partial charge on any atom is 0.408 e. The molecule has 0 spiro atoms. The number of alkyl carbamates (subject to hydrolysis) is 1. The molecule has 0 fully saturated rings. The van der Waals surface area contributed by atoms with E-state index in [1.807, 2.05) is 0 Å². The highest BCUT2D eigenvalue weighted by molar-refractivity contribution is 5.80. The highest BCUT2D eigenvalue weighted by atomic mass is 16.6. The van der Waals surface area contributed by atoms with Crippen LogP contribution in [0.2, 0.25) is 0 Å². The Labute approximate surface area is 123 Å². The second kappa shape index (κ2) is 6.97. The van der Waals surface area contributed by atoms with E-state index >= 15 is 0 Å². The lowest BCUT2D eigenvalue weighted by Crippen LogP contribution is -2.43. The third kappa shape index (κ3) is 6.16. The summed E-state index contributed by atoms with van der Waals surface area (Å²) in [4.78, 5) is 22.8. The zero-order valence-electron chi connectivity index (χ0n) is 12.4. The van der Waals surface area contributed by atoms with Crippen LogP contribution in [0.1, 0.15) is 32.8 Å². The average molecular weight is 295 g/mol. The molecule has 1 aromatic rings. The predicted octanol–water partition coefficient (Wildman–Crippen LogP) is 2.30. The number of amides is 1. The Morgan fingerprint density at radius 1 is 1.29 bits per heavy atom. The SMILES string of the molecule is CC(C)(C)OC(=O)N[C@@H](CCc1ccccc1O)C(=O)O. The topological polar surface area (TPSA) is 95.9 Å². The van der Waals surface area contributed by atoms with Gasteiger partial charge in [-0.25, -0.2) is 9.59 Å². The maximum absolute atomic E-state index is 11.6. The third-order valence-corrected chi connectivity index (χ3v) is 2.68. The molecule has 0 aliphatic rings. The Morgan fingerprint density at radius 2 is 1.90 bits per heavy atom. The average Bonchev–Trinajstić information content (AvgIpc) is 2.33. The summed E-state index contributed by atoms with van der Waals surface area (Å²) in [6.07, 6.45) is -0.279. The first kappa shape index (κ1) is 16.8. The Balaban J connectivity index is 2.61. The van der Waals surface area contributed by atoms with Crippen LogP contribution >= 0.6 is 0 Å². The minimum Gasteiger partial charge on any atom is -0.508 e. The number of carboxylic acids is 1. The fourth-order valence-electron chi connectivity index (χ4n) is 1.73. The molecule has 6 heteroatoms. The van der Waals surface area contributed by atoms with E-state index in [1.54, 1.807) is 39.0 Å². The van der Waals surface area contributed by atoms with E-state index in [9.17, 15) is 14.7 Å². The molecule has 1 rings (SSSR count). The van der Waals surface area contributed by atoms with Gasteiger partial charge >= 0.3 is 12.1 Å². The van der Waals surface area contributed by atoms with Gasteiger partial charge in [0.15, 0.2) is 0 Å². The highest BCUT2D eigenvalue weighted by Crippen LogP contribution is 2.18. The second-order valence-corrected chi connectivity index (χ2v) is 5.70. The number of hydrogen-bond acceptors (Lipinski definition) is 4. The summed E-state index contributed by atoms with van der Waals surface area (Å²) >= 11 is 0. The molecule has 0 unspecified atom stereocenters. The van der Waals surface area contributed by atoms with Crippen LogP contribution in [-0.4, -0.2) is 33.9 Å². The zero-order chi connectivity index (χ0) is 16.0. The van der Waals surface area contributed by atoms with Gasteiger partial charge in [-0.2, -0.15) is 0 Å². The van der Waals surface area contributed by atoms with E-state index in [0.717, 1.165) is 0 Å². The standard InChI is InChI=1S/C15H21NO5/c1-15(2,3)21-14(20)16-11(13(18)19)9-8-10-6-4-5-7-12(10)17/h4-7,11,17H,8-9H2,1-3H3,(H,16,20)(H,18,19)/t11-/m0/s1. The molecule has 0 bridgehead atoms. The minimum absolute atomic E-state index is 0.110. The lowest BCUT2D eigenvalue weighted by molar-refractivity contribution is -0.139. The van der Waals surface area contributed by atoms with Crippen molar-refractivity contribution in [3.63, 3.8) is 0 Å². The summed E-state index contributed by atoms with van der Waals surface area (Å²) in [5.41, 5.74) is -0.0556. The molecule has 0 saturated carbocycles. The summed E-state index contributed by atoms with van der Waals surface area (Å²) in [5, 5.41) is 21.1. The number of phenolic OH excluding ortho intramolecular Hbond substituents is 1. The van der Waals surface area contributed by atoms with Gasteiger partial charge in [0.25, 0.3) is 0 Å². The Bertz CT molecular complexity index is 507. The van der Waals surface area contributed by atoms with Crippen LogP contribution in [0, 0.1) is 0 Å². The Kier molecular flexibility index (Phi) is 5.58. The Hall–Kier alpha value is -2.24. The third-order valence-electron chi connectivity index (χ3n) is 2.68. The molecular formula is C15H21NO5. The lowest BCUT2D eigenvalue weighted by atomic mass is 10.0. The number of benzene rings is 1. The van der Waals surface area contributed by atoms with Gasteiger partial charge in [0, 0.05) is 0 Å². The van der Waals surface area contributed by atoms with Crippen LogP contribution in [0.5, 0.6) is 5.75 Å². The van der Waals surface area contributed by atoms with Crippen molar-refractivity contribution in [3.05, 3.63) is 29.8 Å². The first-order valence-electron chi connectivity index (χ1n) is 6.68. The first-order valence-corrected chi connectivity index (χ1v) is 6.68. The van der Waals surface area contributed by atoms with Gasteiger partial charge in [-0.3, -0.25) is 0 Å². The summed E-state index contributed by atoms with van der Waals surface area (Å²) in [6.45, 7) is 5.10. The molecule has 1 aromatic carbocycles. The minimum atomic E-state index is -1.14. The van der Waals surface area contributed by atoms with Gasteiger partial charge in [0.2, 0.25) is 0 Å². The number of aromatic hydroxyl groups is 1. The first-order chi connectivity index (χ1) is 9.69. The van der Waals surface area contributed by atoms with Crippen LogP contribution in [0.3, 0.4) is 0 Å². The maximum atomic E-state index is 11.6. The molecule has 0 radical (unpaired) electrons. The number of nitrogens with one attached hydrogen (secondary N) is 1. The van der Waals surface area contributed by atoms with Crippen molar-refractivity contribution >= 4 is 12.1 Å². The van der Waals surface area contributed by atoms with Gasteiger partial charge in [0.1, 0.15) is 17.4 Å². The molecule has 1 atom stereocenters. The molecule has 0 aliphatic carbocycles. The van der Waals surface area contributed by atoms with E-state index in [-0.39, 0.29) is 12.2 Å². The van der Waals surface area contributed by atoms with Gasteiger partial charge in [-0.15, -0.1) is 0 Å². The fourth-order valence-corrected chi connectivity index (χ4v) is 1.73. The molecule has 1 amide bonds. The quantitative estimate of drug-likeness (QED) is 0.774. The van der Waals surface area contributed by atoms with Crippen molar-refractivity contribution < 1.29 is 24.5 Å². The van der Waals surface area contributed by atoms with Crippen LogP contribution in [-0.2, 0) is 16.0 Å². The number of carboxylic acid groups (broad SMARTS) is 1. The number of para-hydroxylation sites is 1. The fraction of sp³-hybridized carbons (Fsp3) is 0.467. The van der Waals surface area contributed by atoms with E-state index in [1.165, 1.54) is 6.07 Å². The van der Waals surface area contributed by atoms with Crippen LogP contribution in [0.15, 0.2) is 24.3 Å². The number of carbonyl (C=O) groups is 2. The summed E-state index contributed by atoms with van der Waals surface area (Å²) in [5.74, 6) is -1.03. The molecule has 0 aliphatic heterocycles. The van der Waals surface area contributed by atoms with E-state index < -0.39 is 23.7 Å². The molecule has 3 N–H and O–H groups in total. The lowest BCUT2D eigenvalue weighted by Gasteiger charge is -2.22. The molecular weight excluding hydrogens is 274 g/mol. The molecule has 0 heterocycles. The van der Waals surface area contributed by atoms with E-state index in [0.29, 0.717) is 12.0 Å². The normalized spacial score (nSPS) is 12.5. The predicted molar refractivity (Wildman–Crippen MR) is 77.2 cm³/mol. The molecule has 21 heavy (non-hydrogen) atoms. The van der Waals surface area contributed by atoms with Crippen LogP contribution in [0.4, 0.5) is 4.79 Å². The van der Waals surface area contributed by atoms with Crippen LogP contribution < -0.4 is 5.32 Å². The van der Waals surface area contributed by atoms with Crippen molar-refractivity contribution in [2.45, 2.75) is 45.3 Å². The largest absolute Gasteiger partial charge is 0.508 e. The van der Waals surface area contributed by atoms with Crippen molar-refractivity contribution in [1.29, 1.82) is 0 Å². The molecule has 0 saturated heterocycles. The van der Waals surface area contributed by atoms with Gasteiger partial charge in [0.05, 0.1) is 0 Å². The molecule has 6 nitrogen and oxygen atoms in total. The monoisotopic (exact) mass is 295 g/mol. The van der Waals surface area contributed by atoms with Gasteiger partial charge in [-0.05, 0) is 45.2 Å². The second-order valence-electron chi connectivity index (χ2n) is 5.70. The summed E-state index contributed by atoms with van der Waals surface area (Å²) in [7, 11) is 0. The van der Waals surface area contributed by atoms with E-state index in [2.05, 4.69) is 5.32 Å². The number of hydrogen-bond donors (Lipinski definition) is 3. The molecule has 0 aromatic heterocycles. The van der Waals surface area contributed by atoms with Crippen LogP contribution in [0.25, 0.3) is 0 Å². The smallest absolute Gasteiger partial charge is 0.408 e.